The fourth-order valence-corrected chi connectivity index (χ4v) is 3.43. The second-order valence-electron chi connectivity index (χ2n) is 7.83. The summed E-state index contributed by atoms with van der Waals surface area (Å²) in [5.41, 5.74) is -1.83. The van der Waals surface area contributed by atoms with Crippen molar-refractivity contribution in [2.24, 2.45) is 5.92 Å². The maximum atomic E-state index is 14.0. The van der Waals surface area contributed by atoms with Gasteiger partial charge in [0.1, 0.15) is 22.3 Å². The summed E-state index contributed by atoms with van der Waals surface area (Å²) >= 11 is 0. The van der Waals surface area contributed by atoms with Gasteiger partial charge in [-0.1, -0.05) is 19.9 Å². The Labute approximate surface area is 183 Å². The number of hydrogen-bond donors (Lipinski definition) is 1. The zero-order chi connectivity index (χ0) is 24.6. The number of carboxylic acids is 1. The topological polar surface area (TPSA) is 85.5 Å². The van der Waals surface area contributed by atoms with Crippen LogP contribution in [0.3, 0.4) is 0 Å². The molecule has 0 aliphatic heterocycles. The van der Waals surface area contributed by atoms with Crippen LogP contribution < -0.4 is 4.74 Å². The van der Waals surface area contributed by atoms with Crippen molar-refractivity contribution in [3.63, 3.8) is 0 Å². The van der Waals surface area contributed by atoms with Crippen molar-refractivity contribution < 1.29 is 45.6 Å². The van der Waals surface area contributed by atoms with E-state index < -0.39 is 47.7 Å². The normalized spacial score (nSPS) is 13.5. The van der Waals surface area contributed by atoms with Crippen LogP contribution in [-0.4, -0.2) is 34.2 Å². The van der Waals surface area contributed by atoms with Gasteiger partial charge < -0.3 is 9.84 Å². The summed E-state index contributed by atoms with van der Waals surface area (Å²) in [4.78, 5) is 11.9. The molecule has 0 bridgehead atoms. The standard InChI is InChI=1S/C21H18F6N2O4/c1-10(2)5-14(19(30)31)12-6-13(11-3-4-15-16(7-11)29-33-28-15)18(21(25,26)27)17(8-12)32-9-20(22,23)24/h3-4,6-8,10,14H,5,9H2,1-2H3,(H,30,31)/t14-/m0/s1. The first-order valence-electron chi connectivity index (χ1n) is 9.66. The number of alkyl halides is 6. The van der Waals surface area contributed by atoms with Crippen LogP contribution in [0.5, 0.6) is 5.75 Å². The second kappa shape index (κ2) is 8.91. The number of fused-ring (bicyclic) bond motifs is 1. The van der Waals surface area contributed by atoms with Crippen LogP contribution in [-0.2, 0) is 11.0 Å². The highest BCUT2D eigenvalue weighted by Crippen LogP contribution is 2.46. The molecular formula is C21H18F6N2O4. The first kappa shape index (κ1) is 24.3. The first-order valence-corrected chi connectivity index (χ1v) is 9.66. The van der Waals surface area contributed by atoms with E-state index in [9.17, 15) is 36.2 Å². The first-order chi connectivity index (χ1) is 15.3. The molecule has 0 radical (unpaired) electrons. The van der Waals surface area contributed by atoms with Gasteiger partial charge in [-0.3, -0.25) is 4.79 Å². The van der Waals surface area contributed by atoms with Crippen LogP contribution in [0.2, 0.25) is 0 Å². The van der Waals surface area contributed by atoms with Gasteiger partial charge in [0.25, 0.3) is 0 Å². The summed E-state index contributed by atoms with van der Waals surface area (Å²) in [7, 11) is 0. The SMILES string of the molecule is CC(C)C[C@H](C(=O)O)c1cc(OCC(F)(F)F)c(C(F)(F)F)c(-c2ccc3nonc3c2)c1. The highest BCUT2D eigenvalue weighted by molar-refractivity contribution is 5.84. The van der Waals surface area contributed by atoms with E-state index in [-0.39, 0.29) is 34.5 Å². The smallest absolute Gasteiger partial charge is 0.422 e. The number of hydrogen-bond acceptors (Lipinski definition) is 5. The molecule has 0 unspecified atom stereocenters. The van der Waals surface area contributed by atoms with Gasteiger partial charge in [-0.05, 0) is 63.6 Å². The van der Waals surface area contributed by atoms with Crippen molar-refractivity contribution >= 4 is 17.0 Å². The van der Waals surface area contributed by atoms with E-state index in [4.69, 9.17) is 0 Å². The Kier molecular flexibility index (Phi) is 6.57. The highest BCUT2D eigenvalue weighted by Gasteiger charge is 2.40. The Balaban J connectivity index is 2.29. The Morgan fingerprint density at radius 1 is 1.06 bits per heavy atom. The minimum absolute atomic E-state index is 0.0467. The lowest BCUT2D eigenvalue weighted by Crippen LogP contribution is -2.22. The lowest BCUT2D eigenvalue weighted by Gasteiger charge is -2.23. The number of nitrogens with zero attached hydrogens (tertiary/aromatic N) is 2. The molecule has 1 atom stereocenters. The molecule has 2 aromatic carbocycles. The predicted octanol–water partition coefficient (Wildman–Crippen LogP) is 6.06. The molecule has 3 rings (SSSR count). The van der Waals surface area contributed by atoms with Crippen molar-refractivity contribution in [1.29, 1.82) is 0 Å². The second-order valence-corrected chi connectivity index (χ2v) is 7.83. The van der Waals surface area contributed by atoms with Gasteiger partial charge in [0, 0.05) is 0 Å². The molecule has 1 N–H and O–H groups in total. The van der Waals surface area contributed by atoms with E-state index in [0.717, 1.165) is 12.1 Å². The molecule has 12 heteroatoms. The molecule has 0 spiro atoms. The fraction of sp³-hybridized carbons (Fsp3) is 0.381. The molecule has 0 amide bonds. The molecule has 3 aromatic rings. The summed E-state index contributed by atoms with van der Waals surface area (Å²) < 4.78 is 89.5. The highest BCUT2D eigenvalue weighted by atomic mass is 19.4. The van der Waals surface area contributed by atoms with Crippen LogP contribution in [0.1, 0.15) is 37.3 Å². The van der Waals surface area contributed by atoms with Crippen LogP contribution >= 0.6 is 0 Å². The number of aliphatic carboxylic acids is 1. The number of benzene rings is 2. The van der Waals surface area contributed by atoms with Crippen molar-refractivity contribution in [2.75, 3.05) is 6.61 Å². The van der Waals surface area contributed by atoms with Crippen LogP contribution in [0.25, 0.3) is 22.2 Å². The van der Waals surface area contributed by atoms with Crippen LogP contribution in [0, 0.1) is 5.92 Å². The number of carboxylic acid groups (broad SMARTS) is 1. The summed E-state index contributed by atoms with van der Waals surface area (Å²) in [5, 5.41) is 16.8. The zero-order valence-electron chi connectivity index (χ0n) is 17.3. The molecule has 178 valence electrons. The van der Waals surface area contributed by atoms with Crippen molar-refractivity contribution in [3.05, 3.63) is 41.5 Å². The van der Waals surface area contributed by atoms with E-state index in [1.54, 1.807) is 13.8 Å². The molecule has 0 aliphatic carbocycles. The molecule has 33 heavy (non-hydrogen) atoms. The van der Waals surface area contributed by atoms with E-state index in [0.29, 0.717) is 0 Å². The Bertz CT molecular complexity index is 1150. The fourth-order valence-electron chi connectivity index (χ4n) is 3.43. The maximum Gasteiger partial charge on any atom is 0.422 e. The Hall–Kier alpha value is -3.31. The molecular weight excluding hydrogens is 458 g/mol. The number of aromatic nitrogens is 2. The zero-order valence-corrected chi connectivity index (χ0v) is 17.3. The minimum Gasteiger partial charge on any atom is -0.483 e. The average Bonchev–Trinajstić information content (AvgIpc) is 3.16. The van der Waals surface area contributed by atoms with Gasteiger partial charge in [-0.15, -0.1) is 0 Å². The molecule has 0 saturated carbocycles. The lowest BCUT2D eigenvalue weighted by molar-refractivity contribution is -0.158. The predicted molar refractivity (Wildman–Crippen MR) is 104 cm³/mol. The number of carbonyl (C=O) groups is 1. The summed E-state index contributed by atoms with van der Waals surface area (Å²) in [6, 6.07) is 5.53. The van der Waals surface area contributed by atoms with E-state index >= 15 is 0 Å². The van der Waals surface area contributed by atoms with Crippen molar-refractivity contribution in [3.8, 4) is 16.9 Å². The number of ether oxygens (including phenoxy) is 1. The van der Waals surface area contributed by atoms with Gasteiger partial charge in [0.05, 0.1) is 5.92 Å². The van der Waals surface area contributed by atoms with Gasteiger partial charge in [0.15, 0.2) is 6.61 Å². The lowest BCUT2D eigenvalue weighted by atomic mass is 9.86. The van der Waals surface area contributed by atoms with Crippen molar-refractivity contribution in [1.82, 2.24) is 10.3 Å². The summed E-state index contributed by atoms with van der Waals surface area (Å²) in [6.07, 6.45) is -9.97. The molecule has 6 nitrogen and oxygen atoms in total. The number of rotatable bonds is 7. The van der Waals surface area contributed by atoms with E-state index in [1.807, 2.05) is 0 Å². The third kappa shape index (κ3) is 5.74. The monoisotopic (exact) mass is 476 g/mol. The summed E-state index contributed by atoms with van der Waals surface area (Å²) in [5.74, 6) is -3.86. The van der Waals surface area contributed by atoms with Gasteiger partial charge in [-0.2, -0.15) is 26.3 Å². The van der Waals surface area contributed by atoms with Crippen LogP contribution in [0.15, 0.2) is 35.0 Å². The third-order valence-electron chi connectivity index (χ3n) is 4.77. The molecule has 0 saturated heterocycles. The number of halogens is 6. The minimum atomic E-state index is -5.11. The molecule has 1 aromatic heterocycles. The Morgan fingerprint density at radius 3 is 2.30 bits per heavy atom. The molecule has 0 fully saturated rings. The van der Waals surface area contributed by atoms with Gasteiger partial charge in [0.2, 0.25) is 0 Å². The van der Waals surface area contributed by atoms with Gasteiger partial charge >= 0.3 is 18.3 Å². The molecule has 0 aliphatic rings. The van der Waals surface area contributed by atoms with E-state index in [2.05, 4.69) is 19.7 Å². The average molecular weight is 476 g/mol. The maximum absolute atomic E-state index is 14.0. The third-order valence-corrected chi connectivity index (χ3v) is 4.77. The Morgan fingerprint density at radius 2 is 1.73 bits per heavy atom. The largest absolute Gasteiger partial charge is 0.483 e. The van der Waals surface area contributed by atoms with Gasteiger partial charge in [-0.25, -0.2) is 4.63 Å². The molecule has 1 heterocycles. The van der Waals surface area contributed by atoms with E-state index in [1.165, 1.54) is 18.2 Å². The summed E-state index contributed by atoms with van der Waals surface area (Å²) in [6.45, 7) is 1.45. The van der Waals surface area contributed by atoms with Crippen LogP contribution in [0.4, 0.5) is 26.3 Å². The van der Waals surface area contributed by atoms with Crippen molar-refractivity contribution in [2.45, 2.75) is 38.5 Å². The quantitative estimate of drug-likeness (QED) is 0.417.